The van der Waals surface area contributed by atoms with Gasteiger partial charge in [0.1, 0.15) is 11.6 Å². The zero-order valence-corrected chi connectivity index (χ0v) is 15.9. The van der Waals surface area contributed by atoms with Gasteiger partial charge < -0.3 is 19.5 Å². The maximum absolute atomic E-state index is 12.8. The summed E-state index contributed by atoms with van der Waals surface area (Å²) >= 11 is 0. The number of furan rings is 1. The SMILES string of the molecule is O=C(NC1CCCc2occc21)N1CCCN(c2ccc(C(F)(F)F)cn2)CC1. The van der Waals surface area contributed by atoms with Gasteiger partial charge in [-0.3, -0.25) is 0 Å². The minimum absolute atomic E-state index is 0.0408. The van der Waals surface area contributed by atoms with Crippen LogP contribution in [-0.4, -0.2) is 42.1 Å². The highest BCUT2D eigenvalue weighted by molar-refractivity contribution is 5.75. The molecule has 1 aliphatic carbocycles. The Morgan fingerprint density at radius 3 is 2.76 bits per heavy atom. The molecule has 6 nitrogen and oxygen atoms in total. The molecule has 4 rings (SSSR count). The first-order valence-corrected chi connectivity index (χ1v) is 9.82. The largest absolute Gasteiger partial charge is 0.469 e. The molecule has 0 bridgehead atoms. The first-order chi connectivity index (χ1) is 13.9. The minimum atomic E-state index is -4.40. The average molecular weight is 408 g/mol. The number of aryl methyl sites for hydroxylation is 1. The fourth-order valence-electron chi connectivity index (χ4n) is 3.97. The van der Waals surface area contributed by atoms with E-state index in [1.165, 1.54) is 6.07 Å². The molecule has 9 heteroatoms. The van der Waals surface area contributed by atoms with Crippen molar-refractivity contribution in [2.75, 3.05) is 31.1 Å². The van der Waals surface area contributed by atoms with Gasteiger partial charge in [-0.1, -0.05) is 0 Å². The van der Waals surface area contributed by atoms with Crippen LogP contribution in [0.2, 0.25) is 0 Å². The lowest BCUT2D eigenvalue weighted by Gasteiger charge is -2.27. The fraction of sp³-hybridized carbons (Fsp3) is 0.500. The number of aromatic nitrogens is 1. The average Bonchev–Trinajstić information content (AvgIpc) is 3.04. The number of alkyl halides is 3. The number of pyridine rings is 1. The van der Waals surface area contributed by atoms with Crippen LogP contribution in [0.15, 0.2) is 35.1 Å². The van der Waals surface area contributed by atoms with Crippen molar-refractivity contribution in [2.24, 2.45) is 0 Å². The van der Waals surface area contributed by atoms with E-state index in [4.69, 9.17) is 4.42 Å². The maximum Gasteiger partial charge on any atom is 0.417 e. The zero-order chi connectivity index (χ0) is 20.4. The summed E-state index contributed by atoms with van der Waals surface area (Å²) in [6.45, 7) is 2.23. The van der Waals surface area contributed by atoms with Crippen molar-refractivity contribution < 1.29 is 22.4 Å². The smallest absolute Gasteiger partial charge is 0.417 e. The summed E-state index contributed by atoms with van der Waals surface area (Å²) in [4.78, 5) is 20.4. The summed E-state index contributed by atoms with van der Waals surface area (Å²) in [5.41, 5.74) is 0.290. The van der Waals surface area contributed by atoms with E-state index < -0.39 is 11.7 Å². The minimum Gasteiger partial charge on any atom is -0.469 e. The highest BCUT2D eigenvalue weighted by atomic mass is 19.4. The maximum atomic E-state index is 12.8. The van der Waals surface area contributed by atoms with Crippen molar-refractivity contribution in [2.45, 2.75) is 37.9 Å². The number of urea groups is 1. The van der Waals surface area contributed by atoms with Crippen molar-refractivity contribution in [3.8, 4) is 0 Å². The number of fused-ring (bicyclic) bond motifs is 1. The molecule has 29 heavy (non-hydrogen) atoms. The van der Waals surface area contributed by atoms with Crippen LogP contribution in [0.25, 0.3) is 0 Å². The number of hydrogen-bond acceptors (Lipinski definition) is 4. The Hall–Kier alpha value is -2.71. The molecule has 1 fully saturated rings. The molecule has 156 valence electrons. The topological polar surface area (TPSA) is 61.6 Å². The van der Waals surface area contributed by atoms with Crippen LogP contribution in [0, 0.1) is 0 Å². The lowest BCUT2D eigenvalue weighted by Crippen LogP contribution is -2.44. The Morgan fingerprint density at radius 1 is 1.14 bits per heavy atom. The molecule has 1 N–H and O–H groups in total. The van der Waals surface area contributed by atoms with Crippen LogP contribution in [-0.2, 0) is 12.6 Å². The fourth-order valence-corrected chi connectivity index (χ4v) is 3.97. The van der Waals surface area contributed by atoms with Crippen LogP contribution < -0.4 is 10.2 Å². The zero-order valence-electron chi connectivity index (χ0n) is 15.9. The van der Waals surface area contributed by atoms with E-state index >= 15 is 0 Å². The number of hydrogen-bond donors (Lipinski definition) is 1. The molecule has 1 saturated heterocycles. The van der Waals surface area contributed by atoms with Gasteiger partial charge in [-0.25, -0.2) is 9.78 Å². The lowest BCUT2D eigenvalue weighted by atomic mass is 9.93. The van der Waals surface area contributed by atoms with E-state index in [2.05, 4.69) is 10.3 Å². The molecule has 2 aromatic heterocycles. The van der Waals surface area contributed by atoms with E-state index in [1.807, 2.05) is 11.0 Å². The van der Waals surface area contributed by atoms with Crippen LogP contribution in [0.5, 0.6) is 0 Å². The molecular weight excluding hydrogens is 385 g/mol. The summed E-state index contributed by atoms with van der Waals surface area (Å²) in [6, 6.07) is 4.19. The Kier molecular flexibility index (Phi) is 5.38. The summed E-state index contributed by atoms with van der Waals surface area (Å²) in [5.74, 6) is 1.44. The van der Waals surface area contributed by atoms with Gasteiger partial charge in [-0.2, -0.15) is 13.2 Å². The van der Waals surface area contributed by atoms with Gasteiger partial charge in [0.05, 0.1) is 17.9 Å². The van der Waals surface area contributed by atoms with Gasteiger partial charge in [0.2, 0.25) is 0 Å². The van der Waals surface area contributed by atoms with Gasteiger partial charge in [0, 0.05) is 44.4 Å². The van der Waals surface area contributed by atoms with Crippen LogP contribution in [0.3, 0.4) is 0 Å². The monoisotopic (exact) mass is 408 g/mol. The van der Waals surface area contributed by atoms with Gasteiger partial charge in [0.25, 0.3) is 0 Å². The Morgan fingerprint density at radius 2 is 2.00 bits per heavy atom. The van der Waals surface area contributed by atoms with Crippen molar-refractivity contribution in [3.05, 3.63) is 47.5 Å². The van der Waals surface area contributed by atoms with Crippen molar-refractivity contribution in [1.29, 1.82) is 0 Å². The lowest BCUT2D eigenvalue weighted by molar-refractivity contribution is -0.137. The third-order valence-corrected chi connectivity index (χ3v) is 5.53. The number of rotatable bonds is 2. The number of carbonyl (C=O) groups is 1. The molecular formula is C20H23F3N4O2. The highest BCUT2D eigenvalue weighted by Crippen LogP contribution is 2.31. The van der Waals surface area contributed by atoms with Crippen molar-refractivity contribution >= 4 is 11.8 Å². The molecule has 0 spiro atoms. The van der Waals surface area contributed by atoms with Gasteiger partial charge >= 0.3 is 12.2 Å². The van der Waals surface area contributed by atoms with Gasteiger partial charge in [-0.15, -0.1) is 0 Å². The van der Waals surface area contributed by atoms with Crippen molar-refractivity contribution in [1.82, 2.24) is 15.2 Å². The van der Waals surface area contributed by atoms with Crippen LogP contribution in [0.4, 0.5) is 23.8 Å². The second-order valence-electron chi connectivity index (χ2n) is 7.42. The molecule has 0 aromatic carbocycles. The normalized spacial score (nSPS) is 20.2. The number of carbonyl (C=O) groups excluding carboxylic acids is 1. The predicted molar refractivity (Wildman–Crippen MR) is 101 cm³/mol. The van der Waals surface area contributed by atoms with Gasteiger partial charge in [-0.05, 0) is 37.5 Å². The second-order valence-corrected chi connectivity index (χ2v) is 7.42. The molecule has 0 radical (unpaired) electrons. The van der Waals surface area contributed by atoms with E-state index in [1.54, 1.807) is 11.2 Å². The molecule has 2 aromatic rings. The summed E-state index contributed by atoms with van der Waals surface area (Å²) < 4.78 is 43.6. The summed E-state index contributed by atoms with van der Waals surface area (Å²) in [7, 11) is 0. The number of nitrogens with one attached hydrogen (secondary N) is 1. The van der Waals surface area contributed by atoms with Gasteiger partial charge in [0.15, 0.2) is 0 Å². The standard InChI is InChI=1S/C20H23F3N4O2/c21-20(22,23)14-5-6-18(24-13-14)26-8-2-9-27(11-10-26)19(28)25-16-3-1-4-17-15(16)7-12-29-17/h5-7,12-13,16H,1-4,8-11H2,(H,25,28). The third-order valence-electron chi connectivity index (χ3n) is 5.53. The van der Waals surface area contributed by atoms with E-state index in [0.29, 0.717) is 32.0 Å². The Labute approximate surface area is 166 Å². The number of anilines is 1. The summed E-state index contributed by atoms with van der Waals surface area (Å²) in [6.07, 6.45) is 1.59. The third kappa shape index (κ3) is 4.33. The Bertz CT molecular complexity index is 850. The summed E-state index contributed by atoms with van der Waals surface area (Å²) in [5, 5.41) is 3.11. The molecule has 1 atom stereocenters. The Balaban J connectivity index is 1.36. The molecule has 3 heterocycles. The predicted octanol–water partition coefficient (Wildman–Crippen LogP) is 3.99. The second kappa shape index (κ2) is 7.96. The molecule has 1 unspecified atom stereocenters. The number of halogens is 3. The molecule has 2 aliphatic rings. The van der Waals surface area contributed by atoms with Crippen LogP contribution >= 0.6 is 0 Å². The number of nitrogens with zero attached hydrogens (tertiary/aromatic N) is 3. The van der Waals surface area contributed by atoms with Crippen molar-refractivity contribution in [3.63, 3.8) is 0 Å². The first kappa shape index (κ1) is 19.6. The number of amides is 2. The van der Waals surface area contributed by atoms with Crippen LogP contribution in [0.1, 0.15) is 42.2 Å². The first-order valence-electron chi connectivity index (χ1n) is 9.82. The molecule has 0 saturated carbocycles. The quantitative estimate of drug-likeness (QED) is 0.816. The van der Waals surface area contributed by atoms with E-state index in [0.717, 1.165) is 49.3 Å². The van der Waals surface area contributed by atoms with E-state index in [-0.39, 0.29) is 12.1 Å². The molecule has 1 aliphatic heterocycles. The highest BCUT2D eigenvalue weighted by Gasteiger charge is 2.31. The molecule has 2 amide bonds. The van der Waals surface area contributed by atoms with E-state index in [9.17, 15) is 18.0 Å².